The van der Waals surface area contributed by atoms with E-state index in [-0.39, 0.29) is 25.5 Å². The van der Waals surface area contributed by atoms with Crippen LogP contribution in [0.3, 0.4) is 0 Å². The standard InChI is InChI=1S/C56H100N4O9/c1-5-7-9-11-13-15-17-19-21-23-25-27-29-31-33-38-42-59(49(62)41-37-32-30-28-26-24-22-20-18-16-14-12-10-8-6-2)55-50(52(64)51(63)48(43-61)69-55)58-53(65)46(4)60(54(66)45(3)57)56(67)68-44-47-39-35-34-36-40-47/h34-36,39-40,45-46,48,50-52,55,61,63-64H,5-33,37-38,41-44,57H2,1-4H3,(H,58,65)/t45-,46+,48-,50-,51-,52-,55-/m1/s1. The van der Waals surface area contributed by atoms with Gasteiger partial charge < -0.3 is 40.7 Å². The Morgan fingerprint density at radius 1 is 0.638 bits per heavy atom. The van der Waals surface area contributed by atoms with Gasteiger partial charge in [0, 0.05) is 13.0 Å². The second-order valence-corrected chi connectivity index (χ2v) is 20.1. The molecule has 1 aliphatic rings. The zero-order chi connectivity index (χ0) is 50.5. The van der Waals surface area contributed by atoms with Crippen molar-refractivity contribution < 1.29 is 44.0 Å². The Hall–Kier alpha value is -3.10. The van der Waals surface area contributed by atoms with E-state index in [0.29, 0.717) is 23.3 Å². The highest BCUT2D eigenvalue weighted by Gasteiger charge is 2.49. The van der Waals surface area contributed by atoms with Crippen molar-refractivity contribution in [1.29, 1.82) is 0 Å². The van der Waals surface area contributed by atoms with Gasteiger partial charge in [0.15, 0.2) is 6.23 Å². The second kappa shape index (κ2) is 39.5. The van der Waals surface area contributed by atoms with Crippen LogP contribution in [-0.4, -0.2) is 105 Å². The minimum atomic E-state index is -1.66. The Labute approximate surface area is 418 Å². The van der Waals surface area contributed by atoms with E-state index < -0.39 is 67.2 Å². The topological polar surface area (TPSA) is 192 Å². The number of aliphatic hydroxyl groups is 3. The molecule has 1 saturated heterocycles. The van der Waals surface area contributed by atoms with Crippen molar-refractivity contribution in [2.75, 3.05) is 13.2 Å². The van der Waals surface area contributed by atoms with E-state index in [1.54, 1.807) is 29.2 Å². The van der Waals surface area contributed by atoms with Crippen molar-refractivity contribution in [1.82, 2.24) is 15.1 Å². The number of unbranched alkanes of at least 4 members (excludes halogenated alkanes) is 29. The number of nitrogens with zero attached hydrogens (tertiary/aromatic N) is 2. The van der Waals surface area contributed by atoms with Crippen LogP contribution in [0.2, 0.25) is 0 Å². The highest BCUT2D eigenvalue weighted by molar-refractivity contribution is 5.99. The van der Waals surface area contributed by atoms with Crippen molar-refractivity contribution in [3.8, 4) is 0 Å². The first-order valence-corrected chi connectivity index (χ1v) is 28.0. The van der Waals surface area contributed by atoms with E-state index in [2.05, 4.69) is 19.2 Å². The van der Waals surface area contributed by atoms with Crippen LogP contribution in [0.25, 0.3) is 0 Å². The molecule has 0 unspecified atom stereocenters. The third-order valence-electron chi connectivity index (χ3n) is 13.9. The molecule has 1 aliphatic heterocycles. The molecule has 7 atom stereocenters. The van der Waals surface area contributed by atoms with E-state index in [9.17, 15) is 34.5 Å². The average molecular weight is 973 g/mol. The maximum Gasteiger partial charge on any atom is 0.417 e. The molecule has 13 heteroatoms. The van der Waals surface area contributed by atoms with Crippen LogP contribution < -0.4 is 11.1 Å². The van der Waals surface area contributed by atoms with Crippen LogP contribution in [-0.2, 0) is 30.5 Å². The summed E-state index contributed by atoms with van der Waals surface area (Å²) in [5.41, 5.74) is 6.60. The van der Waals surface area contributed by atoms with Crippen molar-refractivity contribution >= 4 is 23.8 Å². The Morgan fingerprint density at radius 3 is 1.48 bits per heavy atom. The molecule has 1 fully saturated rings. The fourth-order valence-electron chi connectivity index (χ4n) is 9.38. The van der Waals surface area contributed by atoms with E-state index in [1.165, 1.54) is 162 Å². The molecule has 0 spiro atoms. The number of hydrogen-bond donors (Lipinski definition) is 5. The van der Waals surface area contributed by atoms with Gasteiger partial charge >= 0.3 is 6.09 Å². The molecule has 0 bridgehead atoms. The average Bonchev–Trinajstić information content (AvgIpc) is 3.35. The van der Waals surface area contributed by atoms with Crippen molar-refractivity contribution in [3.63, 3.8) is 0 Å². The molecule has 0 aliphatic carbocycles. The maximum atomic E-state index is 14.3. The Bertz CT molecular complexity index is 1470. The lowest BCUT2D eigenvalue weighted by Gasteiger charge is -2.47. The molecule has 0 aromatic heterocycles. The largest absolute Gasteiger partial charge is 0.444 e. The molecule has 1 heterocycles. The van der Waals surface area contributed by atoms with Crippen LogP contribution in [0.5, 0.6) is 0 Å². The summed E-state index contributed by atoms with van der Waals surface area (Å²) in [6.07, 6.45) is 30.8. The number of carbonyl (C=O) groups excluding carboxylic acids is 4. The lowest BCUT2D eigenvalue weighted by atomic mass is 9.94. The number of rotatable bonds is 41. The monoisotopic (exact) mass is 973 g/mol. The van der Waals surface area contributed by atoms with Gasteiger partial charge in [0.2, 0.25) is 17.7 Å². The SMILES string of the molecule is CCCCCCCCCCCCCCCCCCN(C(=O)CCCCCCCCCCCCCCCCC)[C@@H]1O[C@H](CO)[C@@H](O)[C@H](O)[C@H]1NC(=O)[C@H](C)N(C(=O)OCc1ccccc1)C(=O)[C@@H](C)N. The number of amides is 4. The number of aliphatic hydroxyl groups excluding tert-OH is 3. The number of hydrogen-bond acceptors (Lipinski definition) is 10. The van der Waals surface area contributed by atoms with Gasteiger partial charge in [-0.15, -0.1) is 0 Å². The highest BCUT2D eigenvalue weighted by atomic mass is 16.6. The summed E-state index contributed by atoms with van der Waals surface area (Å²) < 4.78 is 11.7. The van der Waals surface area contributed by atoms with Crippen LogP contribution in [0, 0.1) is 0 Å². The van der Waals surface area contributed by atoms with Crippen molar-refractivity contribution in [2.45, 2.75) is 282 Å². The summed E-state index contributed by atoms with van der Waals surface area (Å²) >= 11 is 0. The first kappa shape index (κ1) is 62.0. The predicted octanol–water partition coefficient (Wildman–Crippen LogP) is 11.2. The van der Waals surface area contributed by atoms with E-state index in [4.69, 9.17) is 15.2 Å². The van der Waals surface area contributed by atoms with Gasteiger partial charge in [0.05, 0.1) is 12.6 Å². The molecular weight excluding hydrogens is 873 g/mol. The Balaban J connectivity index is 2.07. The number of carbonyl (C=O) groups is 4. The van der Waals surface area contributed by atoms with Gasteiger partial charge in [0.1, 0.15) is 37.0 Å². The first-order valence-electron chi connectivity index (χ1n) is 28.0. The fraction of sp³-hybridized carbons (Fsp3) is 0.821. The van der Waals surface area contributed by atoms with Crippen LogP contribution in [0.15, 0.2) is 30.3 Å². The Morgan fingerprint density at radius 2 is 1.06 bits per heavy atom. The lowest BCUT2D eigenvalue weighted by Crippen LogP contribution is -2.70. The van der Waals surface area contributed by atoms with Gasteiger partial charge in [-0.25, -0.2) is 9.69 Å². The smallest absolute Gasteiger partial charge is 0.417 e. The predicted molar refractivity (Wildman–Crippen MR) is 277 cm³/mol. The normalized spacial score (nSPS) is 18.9. The number of imide groups is 1. The lowest BCUT2D eigenvalue weighted by molar-refractivity contribution is -0.231. The van der Waals surface area contributed by atoms with E-state index >= 15 is 0 Å². The molecule has 4 amide bonds. The molecular formula is C56H100N4O9. The number of nitrogens with two attached hydrogens (primary N) is 1. The van der Waals surface area contributed by atoms with Gasteiger partial charge in [-0.05, 0) is 32.3 Å². The summed E-state index contributed by atoms with van der Waals surface area (Å²) in [5.74, 6) is -1.91. The van der Waals surface area contributed by atoms with Crippen molar-refractivity contribution in [3.05, 3.63) is 35.9 Å². The summed E-state index contributed by atoms with van der Waals surface area (Å²) in [6, 6.07) is 4.91. The van der Waals surface area contributed by atoms with Crippen LogP contribution in [0.1, 0.15) is 239 Å². The summed E-state index contributed by atoms with van der Waals surface area (Å²) in [6.45, 7) is 6.74. The van der Waals surface area contributed by atoms with Gasteiger partial charge in [0.25, 0.3) is 0 Å². The van der Waals surface area contributed by atoms with Crippen LogP contribution in [0.4, 0.5) is 4.79 Å². The molecule has 69 heavy (non-hydrogen) atoms. The summed E-state index contributed by atoms with van der Waals surface area (Å²) in [7, 11) is 0. The zero-order valence-electron chi connectivity index (χ0n) is 43.9. The molecule has 13 nitrogen and oxygen atoms in total. The van der Waals surface area contributed by atoms with Crippen LogP contribution >= 0.6 is 0 Å². The summed E-state index contributed by atoms with van der Waals surface area (Å²) in [4.78, 5) is 57.3. The minimum Gasteiger partial charge on any atom is -0.444 e. The van der Waals surface area contributed by atoms with E-state index in [1.807, 2.05) is 6.07 Å². The number of benzene rings is 1. The highest BCUT2D eigenvalue weighted by Crippen LogP contribution is 2.27. The molecule has 0 saturated carbocycles. The quantitative estimate of drug-likeness (QED) is 0.0395. The second-order valence-electron chi connectivity index (χ2n) is 20.1. The Kier molecular flexibility index (Phi) is 35.5. The fourth-order valence-corrected chi connectivity index (χ4v) is 9.38. The molecule has 1 aromatic rings. The van der Waals surface area contributed by atoms with E-state index in [0.717, 1.165) is 38.5 Å². The minimum absolute atomic E-state index is 0.154. The zero-order valence-corrected chi connectivity index (χ0v) is 43.9. The van der Waals surface area contributed by atoms with Gasteiger partial charge in [-0.3, -0.25) is 14.4 Å². The number of nitrogens with one attached hydrogen (secondary N) is 1. The molecule has 6 N–H and O–H groups in total. The van der Waals surface area contributed by atoms with Crippen molar-refractivity contribution in [2.24, 2.45) is 5.73 Å². The number of ether oxygens (including phenoxy) is 2. The third kappa shape index (κ3) is 26.3. The summed E-state index contributed by atoms with van der Waals surface area (Å²) in [5, 5.41) is 35.6. The maximum absolute atomic E-state index is 14.3. The van der Waals surface area contributed by atoms with Gasteiger partial charge in [-0.1, -0.05) is 230 Å². The molecule has 2 rings (SSSR count). The first-order chi connectivity index (χ1) is 33.5. The molecule has 398 valence electrons. The third-order valence-corrected chi connectivity index (χ3v) is 13.9. The van der Waals surface area contributed by atoms with Gasteiger partial charge in [-0.2, -0.15) is 0 Å². The molecule has 0 radical (unpaired) electrons. The molecule has 1 aromatic carbocycles.